The summed E-state index contributed by atoms with van der Waals surface area (Å²) in [5.41, 5.74) is 0.277. The summed E-state index contributed by atoms with van der Waals surface area (Å²) in [5.74, 6) is 0. The lowest BCUT2D eigenvalue weighted by atomic mass is 10.0. The Hall–Kier alpha value is -0.920. The Morgan fingerprint density at radius 3 is 2.67 bits per heavy atom. The van der Waals surface area contributed by atoms with Gasteiger partial charge in [-0.1, -0.05) is 17.7 Å². The number of aliphatic hydroxyl groups is 1. The van der Waals surface area contributed by atoms with Crippen molar-refractivity contribution in [3.8, 4) is 0 Å². The molecule has 0 fully saturated rings. The SMILES string of the molecule is Cc1ccc(S(=O)(=O)NCC(C)(O)c2ccsc2)c(Cl)c1. The van der Waals surface area contributed by atoms with Crippen molar-refractivity contribution >= 4 is 33.0 Å². The summed E-state index contributed by atoms with van der Waals surface area (Å²) < 4.78 is 27.0. The van der Waals surface area contributed by atoms with E-state index in [1.54, 1.807) is 30.5 Å². The van der Waals surface area contributed by atoms with Gasteiger partial charge < -0.3 is 5.11 Å². The van der Waals surface area contributed by atoms with Gasteiger partial charge in [-0.15, -0.1) is 0 Å². The number of aryl methyl sites for hydroxylation is 1. The van der Waals surface area contributed by atoms with Gasteiger partial charge in [0.05, 0.1) is 5.02 Å². The zero-order valence-corrected chi connectivity index (χ0v) is 14.0. The maximum absolute atomic E-state index is 12.3. The number of halogens is 1. The molecule has 0 spiro atoms. The summed E-state index contributed by atoms with van der Waals surface area (Å²) >= 11 is 7.43. The van der Waals surface area contributed by atoms with Gasteiger partial charge in [0, 0.05) is 6.54 Å². The molecular weight excluding hydrogens is 330 g/mol. The van der Waals surface area contributed by atoms with Crippen molar-refractivity contribution in [3.05, 3.63) is 51.2 Å². The van der Waals surface area contributed by atoms with E-state index in [1.165, 1.54) is 17.4 Å². The fourth-order valence-corrected chi connectivity index (χ4v) is 4.32. The van der Waals surface area contributed by atoms with E-state index in [0.29, 0.717) is 5.56 Å². The van der Waals surface area contributed by atoms with Gasteiger partial charge in [0.1, 0.15) is 10.5 Å². The van der Waals surface area contributed by atoms with Crippen LogP contribution in [0.15, 0.2) is 39.9 Å². The van der Waals surface area contributed by atoms with E-state index in [-0.39, 0.29) is 16.5 Å². The monoisotopic (exact) mass is 345 g/mol. The van der Waals surface area contributed by atoms with E-state index in [1.807, 2.05) is 12.3 Å². The van der Waals surface area contributed by atoms with Crippen LogP contribution in [0.2, 0.25) is 5.02 Å². The van der Waals surface area contributed by atoms with Gasteiger partial charge in [-0.25, -0.2) is 13.1 Å². The molecule has 0 amide bonds. The summed E-state index contributed by atoms with van der Waals surface area (Å²) in [6, 6.07) is 6.49. The Morgan fingerprint density at radius 1 is 1.38 bits per heavy atom. The minimum atomic E-state index is -3.77. The third kappa shape index (κ3) is 3.84. The van der Waals surface area contributed by atoms with E-state index in [2.05, 4.69) is 4.72 Å². The Labute approximate surface area is 133 Å². The molecule has 1 atom stereocenters. The number of hydrogen-bond acceptors (Lipinski definition) is 4. The molecule has 4 nitrogen and oxygen atoms in total. The zero-order valence-electron chi connectivity index (χ0n) is 11.6. The molecule has 2 aromatic rings. The van der Waals surface area contributed by atoms with Crippen molar-refractivity contribution in [2.75, 3.05) is 6.54 Å². The molecule has 21 heavy (non-hydrogen) atoms. The van der Waals surface area contributed by atoms with Crippen LogP contribution in [0.25, 0.3) is 0 Å². The molecule has 1 aromatic heterocycles. The van der Waals surface area contributed by atoms with Crippen LogP contribution in [0, 0.1) is 6.92 Å². The number of thiophene rings is 1. The molecule has 1 unspecified atom stereocenters. The lowest BCUT2D eigenvalue weighted by Crippen LogP contribution is -2.38. The number of benzene rings is 1. The first-order chi connectivity index (χ1) is 9.72. The third-order valence-corrected chi connectivity index (χ3v) is 5.69. The molecule has 0 saturated carbocycles. The second kappa shape index (κ2) is 6.06. The van der Waals surface area contributed by atoms with Crippen LogP contribution in [0.4, 0.5) is 0 Å². The summed E-state index contributed by atoms with van der Waals surface area (Å²) in [6.45, 7) is 3.27. The molecule has 0 aliphatic carbocycles. The molecule has 0 bridgehead atoms. The normalized spacial score (nSPS) is 14.9. The highest BCUT2D eigenvalue weighted by Crippen LogP contribution is 2.25. The Morgan fingerprint density at radius 2 is 2.10 bits per heavy atom. The van der Waals surface area contributed by atoms with Gasteiger partial charge >= 0.3 is 0 Å². The predicted molar refractivity (Wildman–Crippen MR) is 85.3 cm³/mol. The quantitative estimate of drug-likeness (QED) is 0.875. The van der Waals surface area contributed by atoms with E-state index in [0.717, 1.165) is 5.56 Å². The Bertz CT molecular complexity index is 725. The molecule has 0 radical (unpaired) electrons. The average molecular weight is 346 g/mol. The van der Waals surface area contributed by atoms with Crippen LogP contribution in [0.5, 0.6) is 0 Å². The zero-order chi connectivity index (χ0) is 15.7. The second-order valence-corrected chi connectivity index (χ2v) is 7.97. The molecule has 0 saturated heterocycles. The molecule has 1 heterocycles. The third-order valence-electron chi connectivity index (χ3n) is 3.13. The van der Waals surface area contributed by atoms with E-state index in [9.17, 15) is 13.5 Å². The minimum absolute atomic E-state index is 0.0101. The molecule has 114 valence electrons. The van der Waals surface area contributed by atoms with Crippen molar-refractivity contribution in [2.45, 2.75) is 24.3 Å². The van der Waals surface area contributed by atoms with Gasteiger partial charge in [-0.2, -0.15) is 11.3 Å². The molecule has 0 aliphatic heterocycles. The molecule has 2 N–H and O–H groups in total. The maximum atomic E-state index is 12.3. The van der Waals surface area contributed by atoms with E-state index in [4.69, 9.17) is 11.6 Å². The first kappa shape index (κ1) is 16.5. The number of sulfonamides is 1. The highest BCUT2D eigenvalue weighted by molar-refractivity contribution is 7.89. The van der Waals surface area contributed by atoms with Crippen molar-refractivity contribution < 1.29 is 13.5 Å². The highest BCUT2D eigenvalue weighted by Gasteiger charge is 2.27. The Balaban J connectivity index is 2.19. The number of nitrogens with one attached hydrogen (secondary N) is 1. The first-order valence-electron chi connectivity index (χ1n) is 6.23. The smallest absolute Gasteiger partial charge is 0.242 e. The average Bonchev–Trinajstić information content (AvgIpc) is 2.91. The fourth-order valence-electron chi connectivity index (χ4n) is 1.81. The minimum Gasteiger partial charge on any atom is -0.384 e. The molecule has 1 aromatic carbocycles. The van der Waals surface area contributed by atoms with Gasteiger partial charge in [0.2, 0.25) is 10.0 Å². The first-order valence-corrected chi connectivity index (χ1v) is 9.04. The summed E-state index contributed by atoms with van der Waals surface area (Å²) in [7, 11) is -3.77. The maximum Gasteiger partial charge on any atom is 0.242 e. The largest absolute Gasteiger partial charge is 0.384 e. The van der Waals surface area contributed by atoms with Crippen LogP contribution in [-0.2, 0) is 15.6 Å². The molecular formula is C14H16ClNO3S2. The lowest BCUT2D eigenvalue weighted by molar-refractivity contribution is 0.0632. The number of hydrogen-bond donors (Lipinski definition) is 2. The molecule has 0 aliphatic rings. The van der Waals surface area contributed by atoms with Crippen LogP contribution in [0.1, 0.15) is 18.1 Å². The Kier molecular flexibility index (Phi) is 4.75. The van der Waals surface area contributed by atoms with E-state index < -0.39 is 15.6 Å². The lowest BCUT2D eigenvalue weighted by Gasteiger charge is -2.23. The van der Waals surface area contributed by atoms with Gasteiger partial charge in [0.15, 0.2) is 0 Å². The standard InChI is InChI=1S/C14H16ClNO3S2/c1-10-3-4-13(12(15)7-10)21(18,19)16-9-14(2,17)11-5-6-20-8-11/h3-8,16-17H,9H2,1-2H3. The van der Waals surface area contributed by atoms with Crippen LogP contribution in [-0.4, -0.2) is 20.1 Å². The summed E-state index contributed by atoms with van der Waals surface area (Å²) in [4.78, 5) is 0.0101. The van der Waals surface area contributed by atoms with Crippen molar-refractivity contribution in [3.63, 3.8) is 0 Å². The topological polar surface area (TPSA) is 66.4 Å². The van der Waals surface area contributed by atoms with Crippen LogP contribution < -0.4 is 4.72 Å². The summed E-state index contributed by atoms with van der Waals surface area (Å²) in [6.07, 6.45) is 0. The van der Waals surface area contributed by atoms with Crippen molar-refractivity contribution in [1.82, 2.24) is 4.72 Å². The van der Waals surface area contributed by atoms with Crippen molar-refractivity contribution in [1.29, 1.82) is 0 Å². The van der Waals surface area contributed by atoms with Gasteiger partial charge in [0.25, 0.3) is 0 Å². The second-order valence-electron chi connectivity index (χ2n) is 5.04. The fraction of sp³-hybridized carbons (Fsp3) is 0.286. The number of rotatable bonds is 5. The van der Waals surface area contributed by atoms with Crippen LogP contribution >= 0.6 is 22.9 Å². The van der Waals surface area contributed by atoms with Crippen LogP contribution in [0.3, 0.4) is 0 Å². The molecule has 2 rings (SSSR count). The highest BCUT2D eigenvalue weighted by atomic mass is 35.5. The van der Waals surface area contributed by atoms with Gasteiger partial charge in [-0.05, 0) is 53.9 Å². The van der Waals surface area contributed by atoms with Crippen molar-refractivity contribution in [2.24, 2.45) is 0 Å². The predicted octanol–water partition coefficient (Wildman–Crippen LogP) is 2.90. The van der Waals surface area contributed by atoms with E-state index >= 15 is 0 Å². The summed E-state index contributed by atoms with van der Waals surface area (Å²) in [5, 5.41) is 14.1. The van der Waals surface area contributed by atoms with Gasteiger partial charge in [-0.3, -0.25) is 0 Å². The molecule has 7 heteroatoms.